The van der Waals surface area contributed by atoms with Gasteiger partial charge in [-0.1, -0.05) is 0 Å². The molecule has 0 bridgehead atoms. The molecule has 6 nitrogen and oxygen atoms in total. The van der Waals surface area contributed by atoms with Gasteiger partial charge in [0.15, 0.2) is 0 Å². The zero-order valence-electron chi connectivity index (χ0n) is 8.69. The Morgan fingerprint density at radius 1 is 1.53 bits per heavy atom. The lowest BCUT2D eigenvalue weighted by Crippen LogP contribution is -2.38. The van der Waals surface area contributed by atoms with Crippen molar-refractivity contribution in [3.05, 3.63) is 0 Å². The smallest absolute Gasteiger partial charge is 0.317 e. The van der Waals surface area contributed by atoms with Crippen LogP contribution in [0.3, 0.4) is 0 Å². The third-order valence-electron chi connectivity index (χ3n) is 1.75. The van der Waals surface area contributed by atoms with Gasteiger partial charge >= 0.3 is 12.0 Å². The highest BCUT2D eigenvalue weighted by Gasteiger charge is 2.06. The monoisotopic (exact) mass is 213 g/mol. The van der Waals surface area contributed by atoms with E-state index in [0.717, 1.165) is 0 Å². The molecule has 0 atom stereocenters. The second-order valence-corrected chi connectivity index (χ2v) is 3.06. The summed E-state index contributed by atoms with van der Waals surface area (Å²) in [6.45, 7) is 0.712. The maximum atomic E-state index is 11.3. The minimum absolute atomic E-state index is 0.0438. The molecule has 15 heavy (non-hydrogen) atoms. The summed E-state index contributed by atoms with van der Waals surface area (Å²) in [5.74, 6) is -0.873. The lowest BCUT2D eigenvalue weighted by molar-refractivity contribution is -0.137. The maximum Gasteiger partial charge on any atom is 0.317 e. The molecule has 84 valence electrons. The number of nitrogens with zero attached hydrogens (tertiary/aromatic N) is 2. The topological polar surface area (TPSA) is 93.4 Å². The molecule has 2 N–H and O–H groups in total. The van der Waals surface area contributed by atoms with Gasteiger partial charge in [0.05, 0.1) is 12.5 Å². The Bertz CT molecular complexity index is 260. The Morgan fingerprint density at radius 2 is 2.20 bits per heavy atom. The van der Waals surface area contributed by atoms with Gasteiger partial charge in [-0.25, -0.2) is 4.79 Å². The van der Waals surface area contributed by atoms with Crippen LogP contribution in [0, 0.1) is 11.3 Å². The molecule has 0 heterocycles. The van der Waals surface area contributed by atoms with Crippen molar-refractivity contribution in [2.24, 2.45) is 0 Å². The van der Waals surface area contributed by atoms with Crippen molar-refractivity contribution >= 4 is 12.0 Å². The second-order valence-electron chi connectivity index (χ2n) is 3.06. The van der Waals surface area contributed by atoms with E-state index in [9.17, 15) is 9.59 Å². The van der Waals surface area contributed by atoms with Gasteiger partial charge in [0.1, 0.15) is 0 Å². The Balaban J connectivity index is 3.56. The molecule has 0 aromatic carbocycles. The number of carbonyl (C=O) groups is 2. The number of hydrogen-bond acceptors (Lipinski definition) is 3. The van der Waals surface area contributed by atoms with Crippen LogP contribution in [0.5, 0.6) is 0 Å². The summed E-state index contributed by atoms with van der Waals surface area (Å²) in [7, 11) is 1.59. The summed E-state index contributed by atoms with van der Waals surface area (Å²) in [5.41, 5.74) is 0. The summed E-state index contributed by atoms with van der Waals surface area (Å²) in [4.78, 5) is 22.8. The van der Waals surface area contributed by atoms with E-state index in [1.165, 1.54) is 4.90 Å². The van der Waals surface area contributed by atoms with Crippen molar-refractivity contribution in [3.8, 4) is 6.07 Å². The normalized spacial score (nSPS) is 9.07. The molecule has 2 amide bonds. The van der Waals surface area contributed by atoms with Gasteiger partial charge in [-0.15, -0.1) is 0 Å². The van der Waals surface area contributed by atoms with E-state index < -0.39 is 5.97 Å². The Hall–Kier alpha value is -1.77. The number of rotatable bonds is 6. The summed E-state index contributed by atoms with van der Waals surface area (Å²) in [6, 6.07) is 1.65. The lowest BCUT2D eigenvalue weighted by Gasteiger charge is -2.15. The van der Waals surface area contributed by atoms with Gasteiger partial charge in [-0.05, 0) is 6.42 Å². The summed E-state index contributed by atoms with van der Waals surface area (Å²) in [5, 5.41) is 19.2. The van der Waals surface area contributed by atoms with E-state index in [2.05, 4.69) is 5.32 Å². The van der Waals surface area contributed by atoms with Gasteiger partial charge < -0.3 is 15.3 Å². The zero-order chi connectivity index (χ0) is 11.7. The molecule has 0 rings (SSSR count). The van der Waals surface area contributed by atoms with E-state index in [1.807, 2.05) is 6.07 Å². The van der Waals surface area contributed by atoms with Crippen molar-refractivity contribution in [2.75, 3.05) is 20.1 Å². The number of amides is 2. The molecule has 0 unspecified atom stereocenters. The maximum absolute atomic E-state index is 11.3. The molecule has 0 spiro atoms. The SMILES string of the molecule is CN(CCC#N)C(=O)NCCCC(=O)O. The van der Waals surface area contributed by atoms with Crippen LogP contribution in [-0.2, 0) is 4.79 Å². The number of carbonyl (C=O) groups excluding carboxylic acids is 1. The van der Waals surface area contributed by atoms with Gasteiger partial charge in [0.25, 0.3) is 0 Å². The second kappa shape index (κ2) is 7.62. The van der Waals surface area contributed by atoms with Crippen LogP contribution in [-0.4, -0.2) is 42.1 Å². The van der Waals surface area contributed by atoms with Crippen molar-refractivity contribution in [2.45, 2.75) is 19.3 Å². The number of carboxylic acids is 1. The third-order valence-corrected chi connectivity index (χ3v) is 1.75. The fraction of sp³-hybridized carbons (Fsp3) is 0.667. The third kappa shape index (κ3) is 7.31. The average Bonchev–Trinajstić information content (AvgIpc) is 2.20. The van der Waals surface area contributed by atoms with Crippen molar-refractivity contribution in [1.29, 1.82) is 5.26 Å². The molecule has 0 saturated carbocycles. The van der Waals surface area contributed by atoms with Crippen LogP contribution in [0.2, 0.25) is 0 Å². The molecule has 0 fully saturated rings. The molecule has 0 aliphatic carbocycles. The highest BCUT2D eigenvalue weighted by Crippen LogP contribution is 1.90. The number of urea groups is 1. The fourth-order valence-corrected chi connectivity index (χ4v) is 0.889. The van der Waals surface area contributed by atoms with Crippen molar-refractivity contribution < 1.29 is 14.7 Å². The van der Waals surface area contributed by atoms with Crippen LogP contribution in [0.15, 0.2) is 0 Å². The molecule has 0 saturated heterocycles. The van der Waals surface area contributed by atoms with Gasteiger partial charge in [0, 0.05) is 26.6 Å². The van der Waals surface area contributed by atoms with Crippen LogP contribution >= 0.6 is 0 Å². The van der Waals surface area contributed by atoms with E-state index in [0.29, 0.717) is 25.9 Å². The first-order valence-electron chi connectivity index (χ1n) is 4.65. The number of nitrogens with one attached hydrogen (secondary N) is 1. The van der Waals surface area contributed by atoms with Gasteiger partial charge in [-0.2, -0.15) is 5.26 Å². The van der Waals surface area contributed by atoms with E-state index in [-0.39, 0.29) is 12.5 Å². The largest absolute Gasteiger partial charge is 0.481 e. The number of hydrogen-bond donors (Lipinski definition) is 2. The number of carboxylic acid groups (broad SMARTS) is 1. The molecule has 0 aromatic rings. The zero-order valence-corrected chi connectivity index (χ0v) is 8.69. The summed E-state index contributed by atoms with van der Waals surface area (Å²) >= 11 is 0. The average molecular weight is 213 g/mol. The van der Waals surface area contributed by atoms with Crippen LogP contribution in [0.4, 0.5) is 4.79 Å². The predicted octanol–water partition coefficient (Wildman–Crippen LogP) is 0.406. The Kier molecular flexibility index (Phi) is 6.72. The summed E-state index contributed by atoms with van der Waals surface area (Å²) in [6.07, 6.45) is 0.744. The van der Waals surface area contributed by atoms with Crippen LogP contribution < -0.4 is 5.32 Å². The van der Waals surface area contributed by atoms with E-state index >= 15 is 0 Å². The Labute approximate surface area is 88.5 Å². The first-order chi connectivity index (χ1) is 7.07. The quantitative estimate of drug-likeness (QED) is 0.625. The van der Waals surface area contributed by atoms with Crippen LogP contribution in [0.1, 0.15) is 19.3 Å². The highest BCUT2D eigenvalue weighted by atomic mass is 16.4. The van der Waals surface area contributed by atoms with Gasteiger partial charge in [-0.3, -0.25) is 4.79 Å². The molecular weight excluding hydrogens is 198 g/mol. The van der Waals surface area contributed by atoms with Gasteiger partial charge in [0.2, 0.25) is 0 Å². The van der Waals surface area contributed by atoms with Crippen molar-refractivity contribution in [1.82, 2.24) is 10.2 Å². The first kappa shape index (κ1) is 13.2. The summed E-state index contributed by atoms with van der Waals surface area (Å²) < 4.78 is 0. The molecule has 0 aliphatic rings. The molecule has 0 radical (unpaired) electrons. The minimum Gasteiger partial charge on any atom is -0.481 e. The highest BCUT2D eigenvalue weighted by molar-refractivity contribution is 5.73. The van der Waals surface area contributed by atoms with E-state index in [1.54, 1.807) is 7.05 Å². The lowest BCUT2D eigenvalue weighted by atomic mass is 10.3. The Morgan fingerprint density at radius 3 is 2.73 bits per heavy atom. The van der Waals surface area contributed by atoms with Crippen molar-refractivity contribution in [3.63, 3.8) is 0 Å². The molecule has 0 aromatic heterocycles. The molecular formula is C9H15N3O3. The predicted molar refractivity (Wildman–Crippen MR) is 53.1 cm³/mol. The van der Waals surface area contributed by atoms with Crippen LogP contribution in [0.25, 0.3) is 0 Å². The molecule has 6 heteroatoms. The van der Waals surface area contributed by atoms with E-state index in [4.69, 9.17) is 10.4 Å². The fourth-order valence-electron chi connectivity index (χ4n) is 0.889. The first-order valence-corrected chi connectivity index (χ1v) is 4.65. The minimum atomic E-state index is -0.873. The number of aliphatic carboxylic acids is 1. The number of nitriles is 1. The standard InChI is InChI=1S/C9H15N3O3/c1-12(7-3-5-10)9(15)11-6-2-4-8(13)14/h2-4,6-7H2,1H3,(H,11,15)(H,13,14). The molecule has 0 aliphatic heterocycles.